The van der Waals surface area contributed by atoms with Gasteiger partial charge in [0.2, 0.25) is 0 Å². The lowest BCUT2D eigenvalue weighted by atomic mass is 10.1. The second-order valence-electron chi connectivity index (χ2n) is 4.67. The van der Waals surface area contributed by atoms with Gasteiger partial charge in [0.25, 0.3) is 0 Å². The molecule has 0 amide bonds. The van der Waals surface area contributed by atoms with Gasteiger partial charge < -0.3 is 4.74 Å². The number of halogens is 3. The fourth-order valence-corrected chi connectivity index (χ4v) is 2.99. The van der Waals surface area contributed by atoms with Crippen molar-refractivity contribution in [2.75, 3.05) is 0 Å². The first kappa shape index (κ1) is 14.1. The summed E-state index contributed by atoms with van der Waals surface area (Å²) in [7, 11) is 0. The van der Waals surface area contributed by atoms with E-state index in [1.165, 1.54) is 0 Å². The minimum atomic E-state index is -4.54. The Labute approximate surface area is 122 Å². The number of ether oxygens (including phenoxy) is 1. The van der Waals surface area contributed by atoms with Crippen LogP contribution in [0.1, 0.15) is 33.0 Å². The summed E-state index contributed by atoms with van der Waals surface area (Å²) in [5, 5.41) is 0.0154. The summed E-state index contributed by atoms with van der Waals surface area (Å²) in [4.78, 5) is 15.2. The van der Waals surface area contributed by atoms with E-state index in [-0.39, 0.29) is 5.69 Å². The molecule has 1 aliphatic carbocycles. The van der Waals surface area contributed by atoms with Gasteiger partial charge >= 0.3 is 12.1 Å². The molecule has 0 aliphatic heterocycles. The van der Waals surface area contributed by atoms with Crippen molar-refractivity contribution in [2.24, 2.45) is 0 Å². The lowest BCUT2D eigenvalue weighted by molar-refractivity contribution is -0.137. The molecule has 0 saturated carbocycles. The molecule has 0 atom stereocenters. The normalized spacial score (nSPS) is 14.0. The number of carbonyl (C=O) groups excluding carboxylic acids is 1. The zero-order valence-electron chi connectivity index (χ0n) is 10.7. The van der Waals surface area contributed by atoms with Crippen LogP contribution in [0.15, 0.2) is 23.6 Å². The fourth-order valence-electron chi connectivity index (χ4n) is 2.33. The average Bonchev–Trinajstić information content (AvgIpc) is 3.07. The van der Waals surface area contributed by atoms with Crippen LogP contribution in [-0.4, -0.2) is 11.0 Å². The first-order valence-corrected chi connectivity index (χ1v) is 7.19. The Kier molecular flexibility index (Phi) is 3.44. The molecule has 0 fully saturated rings. The molecule has 1 aromatic carbocycles. The third kappa shape index (κ3) is 2.78. The molecule has 0 radical (unpaired) electrons. The molecule has 0 N–H and O–H groups in total. The van der Waals surface area contributed by atoms with E-state index in [9.17, 15) is 18.0 Å². The predicted molar refractivity (Wildman–Crippen MR) is 70.5 cm³/mol. The number of alkyl halides is 3. The highest BCUT2D eigenvalue weighted by atomic mass is 32.1. The van der Waals surface area contributed by atoms with Crippen molar-refractivity contribution >= 4 is 17.3 Å². The predicted octanol–water partition coefficient (Wildman–Crippen LogP) is 3.87. The average molecular weight is 313 g/mol. The topological polar surface area (TPSA) is 39.2 Å². The number of benzene rings is 1. The zero-order valence-corrected chi connectivity index (χ0v) is 11.6. The largest absolute Gasteiger partial charge is 0.443 e. The third-order valence-electron chi connectivity index (χ3n) is 3.26. The Bertz CT molecular complexity index is 694. The Hall–Kier alpha value is -1.89. The van der Waals surface area contributed by atoms with Crippen LogP contribution in [0.25, 0.3) is 0 Å². The molecular formula is C14H10F3NO2S. The second kappa shape index (κ2) is 5.14. The van der Waals surface area contributed by atoms with Crippen molar-refractivity contribution in [1.29, 1.82) is 0 Å². The number of hydrogen-bond acceptors (Lipinski definition) is 4. The van der Waals surface area contributed by atoms with Gasteiger partial charge in [-0.15, -0.1) is 11.3 Å². The van der Waals surface area contributed by atoms with E-state index in [4.69, 9.17) is 4.74 Å². The number of rotatable bonds is 2. The molecule has 0 spiro atoms. The third-order valence-corrected chi connectivity index (χ3v) is 4.15. The van der Waals surface area contributed by atoms with Gasteiger partial charge in [-0.2, -0.15) is 13.2 Å². The molecule has 1 aliphatic rings. The summed E-state index contributed by atoms with van der Waals surface area (Å²) in [5.74, 6) is -0.446. The van der Waals surface area contributed by atoms with E-state index < -0.39 is 17.2 Å². The molecule has 1 heterocycles. The Morgan fingerprint density at radius 3 is 2.81 bits per heavy atom. The Balaban J connectivity index is 1.81. The molecule has 1 aromatic heterocycles. The lowest BCUT2D eigenvalue weighted by Gasteiger charge is -2.07. The standard InChI is InChI=1S/C14H10F3NO2S/c15-14(16,17)13-18-10(7-21-13)12(19)20-11-6-2-4-8-3-1-5-9(8)11/h2,4,6-7H,1,3,5H2. The highest BCUT2D eigenvalue weighted by Crippen LogP contribution is 2.33. The summed E-state index contributed by atoms with van der Waals surface area (Å²) in [6.45, 7) is 0. The van der Waals surface area contributed by atoms with Crippen LogP contribution in [0.3, 0.4) is 0 Å². The van der Waals surface area contributed by atoms with Crippen LogP contribution < -0.4 is 4.74 Å². The number of thiazole rings is 1. The molecule has 110 valence electrons. The van der Waals surface area contributed by atoms with Gasteiger partial charge in [0.1, 0.15) is 5.75 Å². The number of fused-ring (bicyclic) bond motifs is 1. The maximum Gasteiger partial charge on any atom is 0.443 e. The van der Waals surface area contributed by atoms with Crippen LogP contribution >= 0.6 is 11.3 Å². The smallest absolute Gasteiger partial charge is 0.421 e. The van der Waals surface area contributed by atoms with Crippen LogP contribution in [0, 0.1) is 0 Å². The van der Waals surface area contributed by atoms with E-state index in [1.54, 1.807) is 12.1 Å². The van der Waals surface area contributed by atoms with Crippen molar-refractivity contribution in [3.63, 3.8) is 0 Å². The summed E-state index contributed by atoms with van der Waals surface area (Å²) in [6.07, 6.45) is -1.82. The minimum Gasteiger partial charge on any atom is -0.421 e. The van der Waals surface area contributed by atoms with Crippen molar-refractivity contribution < 1.29 is 22.7 Å². The van der Waals surface area contributed by atoms with Gasteiger partial charge in [0, 0.05) is 5.38 Å². The van der Waals surface area contributed by atoms with Crippen molar-refractivity contribution in [3.05, 3.63) is 45.4 Å². The van der Waals surface area contributed by atoms with Crippen LogP contribution in [0.5, 0.6) is 5.75 Å². The second-order valence-corrected chi connectivity index (χ2v) is 5.53. The number of aromatic nitrogens is 1. The molecule has 0 saturated heterocycles. The molecule has 3 nitrogen and oxygen atoms in total. The molecule has 7 heteroatoms. The number of nitrogens with zero attached hydrogens (tertiary/aromatic N) is 1. The minimum absolute atomic E-state index is 0.317. The van der Waals surface area contributed by atoms with Gasteiger partial charge in [0.15, 0.2) is 10.7 Å². The van der Waals surface area contributed by atoms with Crippen LogP contribution in [-0.2, 0) is 19.0 Å². The van der Waals surface area contributed by atoms with E-state index in [1.807, 2.05) is 6.07 Å². The van der Waals surface area contributed by atoms with Crippen LogP contribution in [0.2, 0.25) is 0 Å². The number of esters is 1. The van der Waals surface area contributed by atoms with Gasteiger partial charge in [-0.25, -0.2) is 9.78 Å². The van der Waals surface area contributed by atoms with Crippen molar-refractivity contribution in [3.8, 4) is 5.75 Å². The molecule has 0 bridgehead atoms. The summed E-state index contributed by atoms with van der Waals surface area (Å²) in [6, 6.07) is 5.39. The highest BCUT2D eigenvalue weighted by molar-refractivity contribution is 7.09. The van der Waals surface area contributed by atoms with E-state index in [2.05, 4.69) is 4.98 Å². The SMILES string of the molecule is O=C(Oc1cccc2c1CCC2)c1csc(C(F)(F)F)n1. The first-order chi connectivity index (χ1) is 9.95. The number of hydrogen-bond donors (Lipinski definition) is 0. The lowest BCUT2D eigenvalue weighted by Crippen LogP contribution is -2.12. The van der Waals surface area contributed by atoms with E-state index in [0.717, 1.165) is 35.8 Å². The first-order valence-electron chi connectivity index (χ1n) is 6.31. The summed E-state index contributed by atoms with van der Waals surface area (Å²) < 4.78 is 42.6. The molecule has 3 rings (SSSR count). The fraction of sp³-hybridized carbons (Fsp3) is 0.286. The van der Waals surface area contributed by atoms with Gasteiger partial charge in [0.05, 0.1) is 0 Å². The van der Waals surface area contributed by atoms with Gasteiger partial charge in [-0.1, -0.05) is 12.1 Å². The zero-order chi connectivity index (χ0) is 15.0. The molecule has 21 heavy (non-hydrogen) atoms. The Morgan fingerprint density at radius 2 is 2.10 bits per heavy atom. The summed E-state index contributed by atoms with van der Waals surface area (Å²) >= 11 is 0.384. The van der Waals surface area contributed by atoms with Crippen molar-refractivity contribution in [1.82, 2.24) is 4.98 Å². The van der Waals surface area contributed by atoms with Crippen molar-refractivity contribution in [2.45, 2.75) is 25.4 Å². The van der Waals surface area contributed by atoms with E-state index >= 15 is 0 Å². The maximum absolute atomic E-state index is 12.5. The number of aryl methyl sites for hydroxylation is 1. The molecule has 2 aromatic rings. The maximum atomic E-state index is 12.5. The molecular weight excluding hydrogens is 303 g/mol. The Morgan fingerprint density at radius 1 is 1.29 bits per heavy atom. The van der Waals surface area contributed by atoms with Crippen LogP contribution in [0.4, 0.5) is 13.2 Å². The van der Waals surface area contributed by atoms with E-state index in [0.29, 0.717) is 17.1 Å². The summed E-state index contributed by atoms with van der Waals surface area (Å²) in [5.41, 5.74) is 1.76. The quantitative estimate of drug-likeness (QED) is 0.624. The van der Waals surface area contributed by atoms with Gasteiger partial charge in [-0.3, -0.25) is 0 Å². The highest BCUT2D eigenvalue weighted by Gasteiger charge is 2.35. The van der Waals surface area contributed by atoms with Gasteiger partial charge in [-0.05, 0) is 36.5 Å². The monoisotopic (exact) mass is 313 g/mol. The molecule has 0 unspecified atom stereocenters. The number of carbonyl (C=O) groups is 1.